The summed E-state index contributed by atoms with van der Waals surface area (Å²) in [6.07, 6.45) is 0. The Morgan fingerprint density at radius 1 is 0.424 bits per heavy atom. The van der Waals surface area contributed by atoms with Crippen LogP contribution in [0.1, 0.15) is 25.0 Å². The van der Waals surface area contributed by atoms with E-state index in [1.807, 2.05) is 48.5 Å². The van der Waals surface area contributed by atoms with Crippen molar-refractivity contribution in [1.82, 2.24) is 9.97 Å². The molecule has 2 aromatic heterocycles. The number of aromatic nitrogens is 2. The molecule has 0 radical (unpaired) electrons. The van der Waals surface area contributed by atoms with Crippen LogP contribution in [0.4, 0.5) is 34.1 Å². The van der Waals surface area contributed by atoms with Gasteiger partial charge in [0.05, 0.1) is 11.4 Å². The molecule has 0 spiro atoms. The van der Waals surface area contributed by atoms with Crippen LogP contribution in [-0.4, -0.2) is 9.97 Å². The van der Waals surface area contributed by atoms with Gasteiger partial charge in [-0.3, -0.25) is 0 Å². The Bertz CT molecular complexity index is 3080. The average molecular weight is 763 g/mol. The summed E-state index contributed by atoms with van der Waals surface area (Å²) >= 11 is 0. The number of oxazole rings is 2. The second kappa shape index (κ2) is 13.7. The molecule has 0 bridgehead atoms. The van der Waals surface area contributed by atoms with E-state index in [0.717, 1.165) is 73.0 Å². The third-order valence-electron chi connectivity index (χ3n) is 11.5. The molecule has 6 heteroatoms. The Kier molecular flexibility index (Phi) is 8.05. The van der Waals surface area contributed by atoms with E-state index >= 15 is 0 Å². The summed E-state index contributed by atoms with van der Waals surface area (Å²) in [6, 6.07) is 67.7. The molecule has 0 saturated heterocycles. The molecule has 10 aromatic rings. The number of nitrogens with zero attached hydrogens (tertiary/aromatic N) is 4. The van der Waals surface area contributed by atoms with Crippen molar-refractivity contribution in [2.24, 2.45) is 0 Å². The largest absolute Gasteiger partial charge is 0.436 e. The molecule has 0 unspecified atom stereocenters. The molecule has 0 N–H and O–H groups in total. The minimum Gasteiger partial charge on any atom is -0.436 e. The van der Waals surface area contributed by atoms with Crippen molar-refractivity contribution >= 4 is 56.3 Å². The van der Waals surface area contributed by atoms with Crippen LogP contribution < -0.4 is 9.80 Å². The Morgan fingerprint density at radius 3 is 1.68 bits per heavy atom. The van der Waals surface area contributed by atoms with E-state index in [-0.39, 0.29) is 5.41 Å². The number of para-hydroxylation sites is 5. The molecule has 8 aromatic carbocycles. The highest BCUT2D eigenvalue weighted by Crippen LogP contribution is 2.53. The highest BCUT2D eigenvalue weighted by molar-refractivity contribution is 5.89. The summed E-state index contributed by atoms with van der Waals surface area (Å²) in [5, 5.41) is 0. The maximum atomic E-state index is 6.24. The van der Waals surface area contributed by atoms with Gasteiger partial charge in [0.2, 0.25) is 11.8 Å². The van der Waals surface area contributed by atoms with E-state index in [1.165, 1.54) is 16.7 Å². The number of hydrogen-bond acceptors (Lipinski definition) is 6. The molecule has 0 saturated carbocycles. The summed E-state index contributed by atoms with van der Waals surface area (Å²) in [4.78, 5) is 14.3. The summed E-state index contributed by atoms with van der Waals surface area (Å²) in [5.41, 5.74) is 16.1. The first-order valence-corrected chi connectivity index (χ1v) is 19.9. The fourth-order valence-corrected chi connectivity index (χ4v) is 8.51. The predicted molar refractivity (Wildman–Crippen MR) is 239 cm³/mol. The number of rotatable bonds is 7. The van der Waals surface area contributed by atoms with Crippen LogP contribution in [0.25, 0.3) is 56.2 Å². The van der Waals surface area contributed by atoms with E-state index in [9.17, 15) is 0 Å². The van der Waals surface area contributed by atoms with Crippen molar-refractivity contribution in [2.45, 2.75) is 19.3 Å². The molecule has 0 amide bonds. The van der Waals surface area contributed by atoms with E-state index in [4.69, 9.17) is 18.8 Å². The number of fused-ring (bicyclic) bond motifs is 4. The number of hydrogen-bond donors (Lipinski definition) is 0. The highest BCUT2D eigenvalue weighted by Gasteiger charge is 2.37. The van der Waals surface area contributed by atoms with Gasteiger partial charge in [-0.05, 0) is 131 Å². The maximum Gasteiger partial charge on any atom is 0.227 e. The summed E-state index contributed by atoms with van der Waals surface area (Å²) in [6.45, 7) is 4.61. The monoisotopic (exact) mass is 762 g/mol. The van der Waals surface area contributed by atoms with E-state index in [0.29, 0.717) is 11.8 Å². The summed E-state index contributed by atoms with van der Waals surface area (Å²) in [5.74, 6) is 1.23. The Labute approximate surface area is 342 Å². The van der Waals surface area contributed by atoms with Gasteiger partial charge in [0.25, 0.3) is 0 Å². The second-order valence-electron chi connectivity index (χ2n) is 15.5. The lowest BCUT2D eigenvalue weighted by atomic mass is 9.73. The first kappa shape index (κ1) is 34.5. The van der Waals surface area contributed by atoms with Gasteiger partial charge in [-0.2, -0.15) is 0 Å². The summed E-state index contributed by atoms with van der Waals surface area (Å²) < 4.78 is 12.4. The van der Waals surface area contributed by atoms with Gasteiger partial charge in [-0.1, -0.05) is 98.8 Å². The quantitative estimate of drug-likeness (QED) is 0.161. The van der Waals surface area contributed by atoms with Gasteiger partial charge < -0.3 is 18.6 Å². The van der Waals surface area contributed by atoms with E-state index in [2.05, 4.69) is 169 Å². The van der Waals surface area contributed by atoms with E-state index < -0.39 is 0 Å². The standard InChI is InChI=1S/C53H38N4O2/c1-53(2)43-17-6-9-20-47(43)57(48-32-25-38(34-44(48)53)52-55-46-19-8-11-22-50(46)59-52)41-30-28-40(29-31-41)56(42-16-12-15-37(33-42)35-13-4-3-5-14-35)39-26-23-36(24-27-39)51-54-45-18-7-10-21-49(45)58-51/h3-34H,1-2H3. The molecule has 3 heterocycles. The van der Waals surface area contributed by atoms with Crippen LogP contribution in [0.2, 0.25) is 0 Å². The third kappa shape index (κ3) is 5.96. The zero-order valence-electron chi connectivity index (χ0n) is 32.6. The maximum absolute atomic E-state index is 6.24. The van der Waals surface area contributed by atoms with Gasteiger partial charge in [0.15, 0.2) is 11.2 Å². The van der Waals surface area contributed by atoms with Gasteiger partial charge >= 0.3 is 0 Å². The highest BCUT2D eigenvalue weighted by atomic mass is 16.4. The first-order valence-electron chi connectivity index (χ1n) is 19.9. The van der Waals surface area contributed by atoms with Gasteiger partial charge in [0.1, 0.15) is 11.0 Å². The van der Waals surface area contributed by atoms with Gasteiger partial charge in [-0.15, -0.1) is 0 Å². The van der Waals surface area contributed by atoms with Crippen molar-refractivity contribution < 1.29 is 8.83 Å². The molecule has 6 nitrogen and oxygen atoms in total. The molecule has 0 fully saturated rings. The van der Waals surface area contributed by atoms with Crippen molar-refractivity contribution in [1.29, 1.82) is 0 Å². The van der Waals surface area contributed by atoms with Crippen LogP contribution in [0.3, 0.4) is 0 Å². The van der Waals surface area contributed by atoms with Crippen molar-refractivity contribution in [3.8, 4) is 34.0 Å². The average Bonchev–Trinajstić information content (AvgIpc) is 3.93. The fourth-order valence-electron chi connectivity index (χ4n) is 8.51. The third-order valence-corrected chi connectivity index (χ3v) is 11.5. The first-order chi connectivity index (χ1) is 29.0. The van der Waals surface area contributed by atoms with Crippen LogP contribution in [-0.2, 0) is 5.41 Å². The Morgan fingerprint density at radius 2 is 0.983 bits per heavy atom. The molecule has 282 valence electrons. The van der Waals surface area contributed by atoms with Crippen LogP contribution in [0.15, 0.2) is 203 Å². The Hall–Kier alpha value is -7.70. The SMILES string of the molecule is CC1(C)c2ccccc2N(c2ccc(N(c3ccc(-c4nc5ccccc5o4)cc3)c3cccc(-c4ccccc4)c3)cc2)c2ccc(-c3nc4ccccc4o3)cc21. The molecule has 1 aliphatic heterocycles. The minimum atomic E-state index is -0.269. The zero-order valence-corrected chi connectivity index (χ0v) is 32.6. The van der Waals surface area contributed by atoms with Gasteiger partial charge in [0, 0.05) is 39.3 Å². The molecular formula is C53H38N4O2. The fraction of sp³-hybridized carbons (Fsp3) is 0.0566. The molecule has 11 rings (SSSR count). The van der Waals surface area contributed by atoms with Crippen molar-refractivity contribution in [3.63, 3.8) is 0 Å². The minimum absolute atomic E-state index is 0.269. The number of anilines is 6. The molecule has 59 heavy (non-hydrogen) atoms. The Balaban J connectivity index is 1.00. The van der Waals surface area contributed by atoms with Crippen molar-refractivity contribution in [2.75, 3.05) is 9.80 Å². The molecule has 0 atom stereocenters. The van der Waals surface area contributed by atoms with Crippen LogP contribution in [0, 0.1) is 0 Å². The molecule has 1 aliphatic rings. The lowest BCUT2D eigenvalue weighted by Gasteiger charge is -2.42. The lowest BCUT2D eigenvalue weighted by molar-refractivity contribution is 0.615. The molecule has 0 aliphatic carbocycles. The normalized spacial score (nSPS) is 13.0. The summed E-state index contributed by atoms with van der Waals surface area (Å²) in [7, 11) is 0. The second-order valence-corrected chi connectivity index (χ2v) is 15.5. The topological polar surface area (TPSA) is 58.5 Å². The number of benzene rings is 8. The van der Waals surface area contributed by atoms with Crippen LogP contribution >= 0.6 is 0 Å². The molecular weight excluding hydrogens is 725 g/mol. The van der Waals surface area contributed by atoms with Gasteiger partial charge in [-0.25, -0.2) is 9.97 Å². The smallest absolute Gasteiger partial charge is 0.227 e. The van der Waals surface area contributed by atoms with E-state index in [1.54, 1.807) is 0 Å². The lowest BCUT2D eigenvalue weighted by Crippen LogP contribution is -2.30. The van der Waals surface area contributed by atoms with Crippen LogP contribution in [0.5, 0.6) is 0 Å². The predicted octanol–water partition coefficient (Wildman–Crippen LogP) is 14.5. The zero-order chi connectivity index (χ0) is 39.5. The van der Waals surface area contributed by atoms with Crippen molar-refractivity contribution in [3.05, 3.63) is 205 Å².